The van der Waals surface area contributed by atoms with Crippen molar-refractivity contribution >= 4 is 32.9 Å². The number of rotatable bonds is 5. The molecule has 41 heavy (non-hydrogen) atoms. The van der Waals surface area contributed by atoms with Crippen LogP contribution < -0.4 is 5.32 Å². The van der Waals surface area contributed by atoms with Crippen LogP contribution in [0.4, 0.5) is 11.4 Å². The minimum absolute atomic E-state index is 0.314. The van der Waals surface area contributed by atoms with Gasteiger partial charge in [0.1, 0.15) is 0 Å². The first kappa shape index (κ1) is 23.7. The van der Waals surface area contributed by atoms with E-state index in [1.54, 1.807) is 0 Å². The zero-order chi connectivity index (χ0) is 27.2. The summed E-state index contributed by atoms with van der Waals surface area (Å²) >= 11 is 0. The lowest BCUT2D eigenvalue weighted by Crippen LogP contribution is -2.05. The molecule has 0 fully saturated rings. The fraction of sp³-hybridized carbons (Fsp3) is 0.0500. The molecule has 0 amide bonds. The van der Waals surface area contributed by atoms with Crippen LogP contribution in [0.1, 0.15) is 22.6 Å². The summed E-state index contributed by atoms with van der Waals surface area (Å²) in [7, 11) is 0. The van der Waals surface area contributed by atoms with Crippen molar-refractivity contribution in [2.24, 2.45) is 0 Å². The minimum Gasteiger partial charge on any atom is -0.354 e. The quantitative estimate of drug-likeness (QED) is 0.237. The first-order chi connectivity index (χ1) is 20.3. The van der Waals surface area contributed by atoms with E-state index < -0.39 is 0 Å². The smallest absolute Gasteiger partial charge is 0.0470 e. The highest BCUT2D eigenvalue weighted by Gasteiger charge is 2.19. The Bertz CT molecular complexity index is 2020. The molecule has 1 atom stereocenters. The van der Waals surface area contributed by atoms with Gasteiger partial charge in [0.2, 0.25) is 0 Å². The molecule has 0 saturated heterocycles. The molecule has 1 nitrogen and oxygen atoms in total. The maximum absolute atomic E-state index is 3.69. The molecule has 0 spiro atoms. The molecule has 1 N–H and O–H groups in total. The van der Waals surface area contributed by atoms with Gasteiger partial charge in [-0.2, -0.15) is 0 Å². The van der Waals surface area contributed by atoms with Gasteiger partial charge >= 0.3 is 0 Å². The Balaban J connectivity index is 1.16. The van der Waals surface area contributed by atoms with Gasteiger partial charge in [0.05, 0.1) is 0 Å². The standard InChI is InChI=1S/C40H29N/c1-3-9-27(10-4-1)23-36(29-11-5-2-6-12-29)30-19-17-28(18-20-30)32-21-22-33-26-39-37(25-34(33)24-32)35-15-7-13-31-14-8-16-38(41-39)40(31)35/h1-22,24-26,36,41H,23H2/t36-/m0/s1. The molecule has 8 rings (SSSR count). The highest BCUT2D eigenvalue weighted by atomic mass is 14.9. The Morgan fingerprint density at radius 1 is 0.439 bits per heavy atom. The molecule has 7 aromatic carbocycles. The van der Waals surface area contributed by atoms with Gasteiger partial charge < -0.3 is 5.32 Å². The molecule has 0 bridgehead atoms. The van der Waals surface area contributed by atoms with Gasteiger partial charge in [-0.05, 0) is 80.2 Å². The van der Waals surface area contributed by atoms with Crippen LogP contribution in [0.3, 0.4) is 0 Å². The molecule has 0 unspecified atom stereocenters. The van der Waals surface area contributed by atoms with Crippen molar-refractivity contribution in [1.29, 1.82) is 0 Å². The van der Waals surface area contributed by atoms with Crippen molar-refractivity contribution in [3.63, 3.8) is 0 Å². The van der Waals surface area contributed by atoms with Crippen LogP contribution in [0.25, 0.3) is 43.8 Å². The third-order valence-corrected chi connectivity index (χ3v) is 8.57. The van der Waals surface area contributed by atoms with Crippen LogP contribution in [0.15, 0.2) is 152 Å². The van der Waals surface area contributed by atoms with Gasteiger partial charge in [-0.15, -0.1) is 0 Å². The molecule has 1 heterocycles. The lowest BCUT2D eigenvalue weighted by Gasteiger charge is -2.23. The predicted octanol–water partition coefficient (Wildman–Crippen LogP) is 10.8. The molecular weight excluding hydrogens is 494 g/mol. The van der Waals surface area contributed by atoms with Crippen LogP contribution in [0, 0.1) is 0 Å². The van der Waals surface area contributed by atoms with E-state index in [9.17, 15) is 0 Å². The largest absolute Gasteiger partial charge is 0.354 e. The van der Waals surface area contributed by atoms with Crippen LogP contribution in [-0.2, 0) is 6.42 Å². The van der Waals surface area contributed by atoms with Crippen molar-refractivity contribution in [1.82, 2.24) is 0 Å². The lowest BCUT2D eigenvalue weighted by molar-refractivity contribution is 0.805. The van der Waals surface area contributed by atoms with E-state index in [1.165, 1.54) is 71.9 Å². The van der Waals surface area contributed by atoms with E-state index in [0.29, 0.717) is 5.92 Å². The summed E-state index contributed by atoms with van der Waals surface area (Å²) in [6, 6.07) is 55.5. The lowest BCUT2D eigenvalue weighted by atomic mass is 9.85. The third-order valence-electron chi connectivity index (χ3n) is 8.57. The summed E-state index contributed by atoms with van der Waals surface area (Å²) in [4.78, 5) is 0. The fourth-order valence-corrected chi connectivity index (χ4v) is 6.49. The first-order valence-corrected chi connectivity index (χ1v) is 14.4. The van der Waals surface area contributed by atoms with Crippen molar-refractivity contribution in [3.05, 3.63) is 168 Å². The number of benzene rings is 7. The van der Waals surface area contributed by atoms with Crippen molar-refractivity contribution in [2.75, 3.05) is 5.32 Å². The minimum atomic E-state index is 0.314. The summed E-state index contributed by atoms with van der Waals surface area (Å²) in [6.07, 6.45) is 0.981. The maximum atomic E-state index is 3.69. The first-order valence-electron chi connectivity index (χ1n) is 14.4. The average molecular weight is 524 g/mol. The van der Waals surface area contributed by atoms with Crippen molar-refractivity contribution in [3.8, 4) is 22.3 Å². The monoisotopic (exact) mass is 523 g/mol. The number of anilines is 2. The summed E-state index contributed by atoms with van der Waals surface area (Å²) in [5, 5.41) is 8.77. The molecule has 7 aromatic rings. The summed E-state index contributed by atoms with van der Waals surface area (Å²) in [5.74, 6) is 0.314. The zero-order valence-corrected chi connectivity index (χ0v) is 22.7. The van der Waals surface area contributed by atoms with Crippen molar-refractivity contribution < 1.29 is 0 Å². The van der Waals surface area contributed by atoms with Gasteiger partial charge in [-0.3, -0.25) is 0 Å². The third kappa shape index (κ3) is 4.27. The van der Waals surface area contributed by atoms with Crippen LogP contribution in [0.5, 0.6) is 0 Å². The summed E-state index contributed by atoms with van der Waals surface area (Å²) in [5.41, 5.74) is 11.5. The van der Waals surface area contributed by atoms with E-state index in [4.69, 9.17) is 0 Å². The van der Waals surface area contributed by atoms with Gasteiger partial charge in [-0.1, -0.05) is 127 Å². The van der Waals surface area contributed by atoms with Crippen LogP contribution in [-0.4, -0.2) is 0 Å². The second-order valence-electron chi connectivity index (χ2n) is 11.1. The van der Waals surface area contributed by atoms with E-state index in [2.05, 4.69) is 157 Å². The second-order valence-corrected chi connectivity index (χ2v) is 11.1. The molecule has 0 saturated carbocycles. The molecule has 194 valence electrons. The Labute approximate surface area is 240 Å². The van der Waals surface area contributed by atoms with E-state index in [-0.39, 0.29) is 0 Å². The molecule has 1 aliphatic rings. The Morgan fingerprint density at radius 2 is 1.15 bits per heavy atom. The molecule has 0 aliphatic carbocycles. The normalized spacial score (nSPS) is 12.6. The number of nitrogens with one attached hydrogen (secondary N) is 1. The highest BCUT2D eigenvalue weighted by molar-refractivity contribution is 6.13. The number of hydrogen-bond donors (Lipinski definition) is 1. The Kier molecular flexibility index (Phi) is 5.67. The fourth-order valence-electron chi connectivity index (χ4n) is 6.49. The number of hydrogen-bond acceptors (Lipinski definition) is 1. The molecule has 0 radical (unpaired) electrons. The van der Waals surface area contributed by atoms with E-state index in [1.807, 2.05) is 0 Å². The Hall–Kier alpha value is -5.14. The molecular formula is C40H29N. The van der Waals surface area contributed by atoms with E-state index in [0.717, 1.165) is 6.42 Å². The van der Waals surface area contributed by atoms with Crippen LogP contribution >= 0.6 is 0 Å². The summed E-state index contributed by atoms with van der Waals surface area (Å²) in [6.45, 7) is 0. The van der Waals surface area contributed by atoms with Gasteiger partial charge in [0.15, 0.2) is 0 Å². The Morgan fingerprint density at radius 3 is 1.95 bits per heavy atom. The summed E-state index contributed by atoms with van der Waals surface area (Å²) < 4.78 is 0. The molecule has 1 aliphatic heterocycles. The van der Waals surface area contributed by atoms with Crippen LogP contribution in [0.2, 0.25) is 0 Å². The number of fused-ring (bicyclic) bond motifs is 3. The van der Waals surface area contributed by atoms with Crippen molar-refractivity contribution in [2.45, 2.75) is 12.3 Å². The molecule has 0 aromatic heterocycles. The average Bonchev–Trinajstić information content (AvgIpc) is 3.04. The zero-order valence-electron chi connectivity index (χ0n) is 22.7. The highest BCUT2D eigenvalue weighted by Crippen LogP contribution is 2.45. The second kappa shape index (κ2) is 9.80. The maximum Gasteiger partial charge on any atom is 0.0470 e. The predicted molar refractivity (Wildman–Crippen MR) is 174 cm³/mol. The van der Waals surface area contributed by atoms with E-state index >= 15 is 0 Å². The molecule has 1 heteroatoms. The van der Waals surface area contributed by atoms with Gasteiger partial charge in [0, 0.05) is 28.2 Å². The topological polar surface area (TPSA) is 12.0 Å². The van der Waals surface area contributed by atoms with Gasteiger partial charge in [0.25, 0.3) is 0 Å². The van der Waals surface area contributed by atoms with Gasteiger partial charge in [-0.25, -0.2) is 0 Å². The SMILES string of the molecule is c1ccc(C[C@@H](c2ccccc2)c2ccc(-c3ccc4cc5c(cc4c3)-c3cccc4cccc(c34)N5)cc2)cc1.